The fourth-order valence-electron chi connectivity index (χ4n) is 3.07. The molecule has 0 radical (unpaired) electrons. The van der Waals surface area contributed by atoms with Gasteiger partial charge in [-0.2, -0.15) is 0 Å². The van der Waals surface area contributed by atoms with E-state index < -0.39 is 11.6 Å². The quantitative estimate of drug-likeness (QED) is 0.865. The Hall–Kier alpha value is -0.960. The summed E-state index contributed by atoms with van der Waals surface area (Å²) in [6, 6.07) is 4.14. The van der Waals surface area contributed by atoms with Crippen LogP contribution in [0.25, 0.3) is 0 Å². The van der Waals surface area contributed by atoms with Crippen LogP contribution in [0.15, 0.2) is 18.2 Å². The predicted octanol–water partition coefficient (Wildman–Crippen LogP) is 3.53. The van der Waals surface area contributed by atoms with Gasteiger partial charge in [0.1, 0.15) is 11.6 Å². The van der Waals surface area contributed by atoms with Crippen molar-refractivity contribution in [2.45, 2.75) is 32.1 Å². The summed E-state index contributed by atoms with van der Waals surface area (Å²) in [4.78, 5) is 0. The second-order valence-electron chi connectivity index (χ2n) is 5.27. The second kappa shape index (κ2) is 6.28. The number of rotatable bonds is 4. The highest BCUT2D eigenvalue weighted by molar-refractivity contribution is 5.20. The van der Waals surface area contributed by atoms with Crippen molar-refractivity contribution in [3.05, 3.63) is 35.4 Å². The van der Waals surface area contributed by atoms with E-state index in [9.17, 15) is 8.78 Å². The van der Waals surface area contributed by atoms with Gasteiger partial charge >= 0.3 is 0 Å². The standard InChI is InChI=1S/C15H21F2N/c1-18-10-12-6-3-2-5-11(12)9-13-14(16)7-4-8-15(13)17/h4,7-8,11-12,18H,2-3,5-6,9-10H2,1H3. The number of hydrogen-bond acceptors (Lipinski definition) is 1. The first-order valence-corrected chi connectivity index (χ1v) is 6.80. The lowest BCUT2D eigenvalue weighted by molar-refractivity contribution is 0.229. The first-order chi connectivity index (χ1) is 8.72. The minimum absolute atomic E-state index is 0.269. The zero-order chi connectivity index (χ0) is 13.0. The molecule has 2 atom stereocenters. The number of benzene rings is 1. The van der Waals surface area contributed by atoms with Crippen LogP contribution in [0.1, 0.15) is 31.2 Å². The maximum Gasteiger partial charge on any atom is 0.129 e. The Labute approximate surface area is 108 Å². The number of nitrogens with one attached hydrogen (secondary N) is 1. The van der Waals surface area contributed by atoms with Gasteiger partial charge in [-0.25, -0.2) is 8.78 Å². The van der Waals surface area contributed by atoms with Crippen molar-refractivity contribution in [1.29, 1.82) is 0 Å². The van der Waals surface area contributed by atoms with Crippen LogP contribution in [0.3, 0.4) is 0 Å². The van der Waals surface area contributed by atoms with Crippen LogP contribution in [0.5, 0.6) is 0 Å². The molecular weight excluding hydrogens is 232 g/mol. The van der Waals surface area contributed by atoms with E-state index in [1.54, 1.807) is 0 Å². The molecule has 0 saturated heterocycles. The first kappa shape index (κ1) is 13.5. The van der Waals surface area contributed by atoms with E-state index in [0.29, 0.717) is 18.3 Å². The summed E-state index contributed by atoms with van der Waals surface area (Å²) in [5.74, 6) is 0.146. The summed E-state index contributed by atoms with van der Waals surface area (Å²) in [5, 5.41) is 3.19. The molecule has 1 aromatic carbocycles. The summed E-state index contributed by atoms with van der Waals surface area (Å²) in [6.07, 6.45) is 5.20. The van der Waals surface area contributed by atoms with Crippen molar-refractivity contribution < 1.29 is 8.78 Å². The minimum Gasteiger partial charge on any atom is -0.319 e. The Morgan fingerprint density at radius 2 is 1.72 bits per heavy atom. The molecule has 0 aromatic heterocycles. The molecule has 18 heavy (non-hydrogen) atoms. The van der Waals surface area contributed by atoms with E-state index in [1.165, 1.54) is 37.5 Å². The van der Waals surface area contributed by atoms with Gasteiger partial charge in [-0.05, 0) is 56.8 Å². The highest BCUT2D eigenvalue weighted by Gasteiger charge is 2.26. The van der Waals surface area contributed by atoms with Gasteiger partial charge in [0.15, 0.2) is 0 Å². The fourth-order valence-corrected chi connectivity index (χ4v) is 3.07. The second-order valence-corrected chi connectivity index (χ2v) is 5.27. The van der Waals surface area contributed by atoms with Crippen LogP contribution in [-0.2, 0) is 6.42 Å². The molecule has 3 heteroatoms. The lowest BCUT2D eigenvalue weighted by Crippen LogP contribution is -2.30. The maximum atomic E-state index is 13.7. The molecular formula is C15H21F2N. The van der Waals surface area contributed by atoms with Crippen LogP contribution < -0.4 is 5.32 Å². The molecule has 1 fully saturated rings. The molecule has 1 aliphatic rings. The molecule has 0 heterocycles. The molecule has 0 amide bonds. The van der Waals surface area contributed by atoms with E-state index >= 15 is 0 Å². The van der Waals surface area contributed by atoms with Crippen molar-refractivity contribution in [1.82, 2.24) is 5.32 Å². The summed E-state index contributed by atoms with van der Waals surface area (Å²) in [5.41, 5.74) is 0.269. The topological polar surface area (TPSA) is 12.0 Å². The van der Waals surface area contributed by atoms with Crippen molar-refractivity contribution in [2.24, 2.45) is 11.8 Å². The Balaban J connectivity index is 2.11. The van der Waals surface area contributed by atoms with Gasteiger partial charge in [-0.15, -0.1) is 0 Å². The van der Waals surface area contributed by atoms with E-state index in [4.69, 9.17) is 0 Å². The van der Waals surface area contributed by atoms with Crippen molar-refractivity contribution in [3.8, 4) is 0 Å². The van der Waals surface area contributed by atoms with Crippen LogP contribution >= 0.6 is 0 Å². The van der Waals surface area contributed by atoms with Crippen LogP contribution in [0.2, 0.25) is 0 Å². The Morgan fingerprint density at radius 1 is 1.11 bits per heavy atom. The molecule has 1 nitrogen and oxygen atoms in total. The van der Waals surface area contributed by atoms with Crippen LogP contribution in [0, 0.1) is 23.5 Å². The lowest BCUT2D eigenvalue weighted by atomic mass is 9.76. The zero-order valence-electron chi connectivity index (χ0n) is 10.9. The van der Waals surface area contributed by atoms with Gasteiger partial charge in [0.25, 0.3) is 0 Å². The maximum absolute atomic E-state index is 13.7. The lowest BCUT2D eigenvalue weighted by Gasteiger charge is -2.31. The van der Waals surface area contributed by atoms with E-state index in [-0.39, 0.29) is 5.56 Å². The molecule has 100 valence electrons. The van der Waals surface area contributed by atoms with Gasteiger partial charge in [-0.1, -0.05) is 18.9 Å². The van der Waals surface area contributed by atoms with E-state index in [1.807, 2.05) is 7.05 Å². The zero-order valence-corrected chi connectivity index (χ0v) is 10.9. The summed E-state index contributed by atoms with van der Waals surface area (Å²) < 4.78 is 27.3. The van der Waals surface area contributed by atoms with Gasteiger partial charge in [0, 0.05) is 5.56 Å². The highest BCUT2D eigenvalue weighted by atomic mass is 19.1. The van der Waals surface area contributed by atoms with Gasteiger partial charge in [-0.3, -0.25) is 0 Å². The molecule has 1 aliphatic carbocycles. The van der Waals surface area contributed by atoms with Crippen molar-refractivity contribution in [3.63, 3.8) is 0 Å². The molecule has 0 bridgehead atoms. The molecule has 0 aliphatic heterocycles. The smallest absolute Gasteiger partial charge is 0.129 e. The number of halogens is 2. The minimum atomic E-state index is -0.399. The van der Waals surface area contributed by atoms with Crippen molar-refractivity contribution >= 4 is 0 Å². The fraction of sp³-hybridized carbons (Fsp3) is 0.600. The number of hydrogen-bond donors (Lipinski definition) is 1. The molecule has 2 rings (SSSR count). The Bertz CT molecular complexity index is 370. The van der Waals surface area contributed by atoms with Gasteiger partial charge in [0.05, 0.1) is 0 Å². The Morgan fingerprint density at radius 3 is 2.33 bits per heavy atom. The van der Waals surface area contributed by atoms with E-state index in [2.05, 4.69) is 5.32 Å². The predicted molar refractivity (Wildman–Crippen MR) is 69.4 cm³/mol. The summed E-state index contributed by atoms with van der Waals surface area (Å²) in [7, 11) is 1.94. The largest absolute Gasteiger partial charge is 0.319 e. The Kier molecular flexibility index (Phi) is 4.70. The molecule has 1 N–H and O–H groups in total. The molecule has 1 saturated carbocycles. The van der Waals surface area contributed by atoms with E-state index in [0.717, 1.165) is 13.0 Å². The van der Waals surface area contributed by atoms with Gasteiger partial charge in [0.2, 0.25) is 0 Å². The van der Waals surface area contributed by atoms with Gasteiger partial charge < -0.3 is 5.32 Å². The van der Waals surface area contributed by atoms with Crippen LogP contribution in [0.4, 0.5) is 8.78 Å². The average Bonchev–Trinajstić information content (AvgIpc) is 2.36. The molecule has 0 spiro atoms. The van der Waals surface area contributed by atoms with Crippen LogP contribution in [-0.4, -0.2) is 13.6 Å². The normalized spacial score (nSPS) is 24.2. The molecule has 1 aromatic rings. The highest BCUT2D eigenvalue weighted by Crippen LogP contribution is 2.33. The monoisotopic (exact) mass is 253 g/mol. The summed E-state index contributed by atoms with van der Waals surface area (Å²) >= 11 is 0. The third kappa shape index (κ3) is 3.08. The summed E-state index contributed by atoms with van der Waals surface area (Å²) in [6.45, 7) is 0.945. The van der Waals surface area contributed by atoms with Crippen molar-refractivity contribution in [2.75, 3.05) is 13.6 Å². The molecule has 2 unspecified atom stereocenters. The average molecular weight is 253 g/mol. The SMILES string of the molecule is CNCC1CCCCC1Cc1c(F)cccc1F. The first-order valence-electron chi connectivity index (χ1n) is 6.80. The third-order valence-corrected chi connectivity index (χ3v) is 4.06. The third-order valence-electron chi connectivity index (χ3n) is 4.06.